The van der Waals surface area contributed by atoms with Gasteiger partial charge in [-0.25, -0.2) is 0 Å². The molecule has 2 amide bonds. The lowest BCUT2D eigenvalue weighted by molar-refractivity contribution is -0.134. The molecule has 0 aliphatic rings. The summed E-state index contributed by atoms with van der Waals surface area (Å²) in [4.78, 5) is 21.7. The van der Waals surface area contributed by atoms with Gasteiger partial charge >= 0.3 is 0 Å². The average Bonchev–Trinajstić information content (AvgIpc) is 2.35. The van der Waals surface area contributed by atoms with Crippen molar-refractivity contribution in [3.63, 3.8) is 0 Å². The predicted octanol–water partition coefficient (Wildman–Crippen LogP) is 1.87. The zero-order valence-electron chi connectivity index (χ0n) is 12.0. The maximum atomic E-state index is 11.1. The summed E-state index contributed by atoms with van der Waals surface area (Å²) >= 11 is 0. The Morgan fingerprint density at radius 3 is 1.95 bits per heavy atom. The van der Waals surface area contributed by atoms with Crippen LogP contribution in [-0.4, -0.2) is 24.5 Å². The van der Waals surface area contributed by atoms with Crippen LogP contribution in [0.15, 0.2) is 0 Å². The van der Waals surface area contributed by atoms with Crippen molar-refractivity contribution in [3.8, 4) is 0 Å². The van der Waals surface area contributed by atoms with E-state index in [1.165, 1.54) is 38.5 Å². The van der Waals surface area contributed by atoms with Crippen molar-refractivity contribution in [1.29, 1.82) is 0 Å². The van der Waals surface area contributed by atoms with Gasteiger partial charge in [-0.15, -0.1) is 0 Å². The summed E-state index contributed by atoms with van der Waals surface area (Å²) in [5, 5.41) is 0. The molecular weight excluding hydrogens is 244 g/mol. The second-order valence-electron chi connectivity index (χ2n) is 4.93. The summed E-state index contributed by atoms with van der Waals surface area (Å²) in [6, 6.07) is 0. The van der Waals surface area contributed by atoms with E-state index in [0.717, 1.165) is 12.8 Å². The minimum atomic E-state index is -0.687. The quantitative estimate of drug-likeness (QED) is 0.501. The molecule has 0 radical (unpaired) electrons. The van der Waals surface area contributed by atoms with Crippen LogP contribution in [0.1, 0.15) is 64.7 Å². The monoisotopic (exact) mass is 272 g/mol. The van der Waals surface area contributed by atoms with Crippen LogP contribution in [0.2, 0.25) is 0 Å². The lowest BCUT2D eigenvalue weighted by Gasteiger charge is -2.13. The predicted molar refractivity (Wildman–Crippen MR) is 75.4 cm³/mol. The van der Waals surface area contributed by atoms with Crippen LogP contribution in [0.5, 0.6) is 0 Å². The summed E-state index contributed by atoms with van der Waals surface area (Å²) in [5.74, 6) is -1.11. The highest BCUT2D eigenvalue weighted by Crippen LogP contribution is 2.11. The minimum Gasteiger partial charge on any atom is -0.368 e. The molecule has 0 saturated carbocycles. The Balaban J connectivity index is 3.53. The molecule has 0 heterocycles. The first-order chi connectivity index (χ1) is 9.07. The van der Waals surface area contributed by atoms with Gasteiger partial charge in [-0.2, -0.15) is 0 Å². The van der Waals surface area contributed by atoms with Crippen molar-refractivity contribution >= 4 is 11.8 Å². The number of primary amides is 2. The van der Waals surface area contributed by atoms with E-state index in [2.05, 4.69) is 6.92 Å². The fourth-order valence-corrected chi connectivity index (χ4v) is 1.95. The highest BCUT2D eigenvalue weighted by molar-refractivity contribution is 5.80. The highest BCUT2D eigenvalue weighted by atomic mass is 16.5. The van der Waals surface area contributed by atoms with Gasteiger partial charge in [0.05, 0.1) is 0 Å². The summed E-state index contributed by atoms with van der Waals surface area (Å²) in [6.07, 6.45) is 9.41. The van der Waals surface area contributed by atoms with Crippen LogP contribution >= 0.6 is 0 Å². The van der Waals surface area contributed by atoms with Gasteiger partial charge in [0.25, 0.3) is 0 Å². The number of unbranched alkanes of at least 4 members (excludes halogenated alkanes) is 7. The van der Waals surface area contributed by atoms with Crippen LogP contribution in [0.4, 0.5) is 0 Å². The maximum absolute atomic E-state index is 11.1. The van der Waals surface area contributed by atoms with E-state index in [4.69, 9.17) is 16.2 Å². The topological polar surface area (TPSA) is 95.4 Å². The fourth-order valence-electron chi connectivity index (χ4n) is 1.95. The lowest BCUT2D eigenvalue weighted by Crippen LogP contribution is -2.34. The van der Waals surface area contributed by atoms with Gasteiger partial charge in [0.15, 0.2) is 0 Å². The third-order valence-corrected chi connectivity index (χ3v) is 3.06. The molecule has 5 nitrogen and oxygen atoms in total. The van der Waals surface area contributed by atoms with Crippen LogP contribution in [0.3, 0.4) is 0 Å². The molecule has 19 heavy (non-hydrogen) atoms. The Bertz CT molecular complexity index is 257. The maximum Gasteiger partial charge on any atom is 0.246 e. The third-order valence-electron chi connectivity index (χ3n) is 3.06. The Labute approximate surface area is 116 Å². The van der Waals surface area contributed by atoms with Gasteiger partial charge in [-0.05, 0) is 6.42 Å². The molecule has 0 bridgehead atoms. The number of carbonyl (C=O) groups excluding carboxylic acids is 2. The summed E-state index contributed by atoms with van der Waals surface area (Å²) in [7, 11) is 0. The number of amides is 2. The molecule has 4 N–H and O–H groups in total. The van der Waals surface area contributed by atoms with Gasteiger partial charge in [0.1, 0.15) is 12.7 Å². The molecule has 0 rings (SSSR count). The number of nitrogens with two attached hydrogens (primary N) is 2. The molecule has 0 fully saturated rings. The second-order valence-corrected chi connectivity index (χ2v) is 4.93. The Morgan fingerprint density at radius 1 is 0.947 bits per heavy atom. The molecule has 0 aromatic heterocycles. The van der Waals surface area contributed by atoms with E-state index >= 15 is 0 Å². The van der Waals surface area contributed by atoms with Gasteiger partial charge < -0.3 is 16.2 Å². The molecule has 5 heteroatoms. The number of hydrogen-bond acceptors (Lipinski definition) is 3. The molecule has 1 atom stereocenters. The van der Waals surface area contributed by atoms with E-state index in [9.17, 15) is 9.59 Å². The van der Waals surface area contributed by atoms with Gasteiger partial charge in [0.2, 0.25) is 11.8 Å². The van der Waals surface area contributed by atoms with Crippen molar-refractivity contribution in [1.82, 2.24) is 0 Å². The summed E-state index contributed by atoms with van der Waals surface area (Å²) < 4.78 is 5.08. The van der Waals surface area contributed by atoms with Crippen molar-refractivity contribution in [3.05, 3.63) is 0 Å². The SMILES string of the molecule is CCCCCCCCCCC(OCC(N)=O)C(N)=O. The molecular formula is C14H28N2O3. The van der Waals surface area contributed by atoms with Crippen molar-refractivity contribution in [2.75, 3.05) is 6.61 Å². The highest BCUT2D eigenvalue weighted by Gasteiger charge is 2.16. The Kier molecular flexibility index (Phi) is 11.3. The molecule has 0 aliphatic carbocycles. The molecule has 0 aliphatic heterocycles. The summed E-state index contributed by atoms with van der Waals surface area (Å²) in [6.45, 7) is 1.96. The zero-order chi connectivity index (χ0) is 14.5. The normalized spacial score (nSPS) is 12.3. The van der Waals surface area contributed by atoms with Gasteiger partial charge in [-0.3, -0.25) is 9.59 Å². The second kappa shape index (κ2) is 12.0. The first-order valence-corrected chi connectivity index (χ1v) is 7.27. The Morgan fingerprint density at radius 2 is 1.47 bits per heavy atom. The van der Waals surface area contributed by atoms with Crippen LogP contribution in [0, 0.1) is 0 Å². The zero-order valence-corrected chi connectivity index (χ0v) is 12.0. The van der Waals surface area contributed by atoms with E-state index in [-0.39, 0.29) is 6.61 Å². The molecule has 0 aromatic carbocycles. The van der Waals surface area contributed by atoms with Crippen molar-refractivity contribution in [2.45, 2.75) is 70.8 Å². The third kappa shape index (κ3) is 11.7. The van der Waals surface area contributed by atoms with Gasteiger partial charge in [0, 0.05) is 0 Å². The largest absolute Gasteiger partial charge is 0.368 e. The van der Waals surface area contributed by atoms with Crippen LogP contribution < -0.4 is 11.5 Å². The number of ether oxygens (including phenoxy) is 1. The van der Waals surface area contributed by atoms with E-state index in [1.54, 1.807) is 0 Å². The molecule has 112 valence electrons. The molecule has 0 spiro atoms. The number of rotatable bonds is 13. The standard InChI is InChI=1S/C14H28N2O3/c1-2-3-4-5-6-7-8-9-10-12(14(16)18)19-11-13(15)17/h12H,2-11H2,1H3,(H2,15,17)(H2,16,18). The average molecular weight is 272 g/mol. The molecule has 1 unspecified atom stereocenters. The first-order valence-electron chi connectivity index (χ1n) is 7.27. The van der Waals surface area contributed by atoms with Gasteiger partial charge in [-0.1, -0.05) is 58.3 Å². The van der Waals surface area contributed by atoms with E-state index in [0.29, 0.717) is 6.42 Å². The van der Waals surface area contributed by atoms with Crippen LogP contribution in [-0.2, 0) is 14.3 Å². The first kappa shape index (κ1) is 17.9. The number of hydrogen-bond donors (Lipinski definition) is 2. The molecule has 0 aromatic rings. The lowest BCUT2D eigenvalue weighted by atomic mass is 10.1. The number of carbonyl (C=O) groups is 2. The minimum absolute atomic E-state index is 0.245. The smallest absolute Gasteiger partial charge is 0.246 e. The van der Waals surface area contributed by atoms with Crippen molar-refractivity contribution in [2.24, 2.45) is 11.5 Å². The Hall–Kier alpha value is -1.10. The molecule has 0 saturated heterocycles. The van der Waals surface area contributed by atoms with Crippen LogP contribution in [0.25, 0.3) is 0 Å². The van der Waals surface area contributed by atoms with E-state index in [1.807, 2.05) is 0 Å². The fraction of sp³-hybridized carbons (Fsp3) is 0.857. The van der Waals surface area contributed by atoms with Crippen molar-refractivity contribution < 1.29 is 14.3 Å². The van der Waals surface area contributed by atoms with E-state index < -0.39 is 17.9 Å². The summed E-state index contributed by atoms with van der Waals surface area (Å²) in [5.41, 5.74) is 10.2.